The molecule has 0 unspecified atom stereocenters. The third-order valence-corrected chi connectivity index (χ3v) is 3.73. The Kier molecular flexibility index (Phi) is 5.38. The summed E-state index contributed by atoms with van der Waals surface area (Å²) in [4.78, 5) is 11.2. The third-order valence-electron chi connectivity index (χ3n) is 3.73. The highest BCUT2D eigenvalue weighted by Crippen LogP contribution is 2.25. The molecule has 0 saturated heterocycles. The van der Waals surface area contributed by atoms with Gasteiger partial charge in [-0.3, -0.25) is 0 Å². The lowest BCUT2D eigenvalue weighted by Gasteiger charge is -2.22. The molecule has 1 aromatic rings. The van der Waals surface area contributed by atoms with E-state index in [0.717, 1.165) is 18.9 Å². The van der Waals surface area contributed by atoms with Gasteiger partial charge in [-0.05, 0) is 25.0 Å². The molecule has 0 aliphatic heterocycles. The molecule has 0 spiro atoms. The maximum atomic E-state index is 13.3. The van der Waals surface area contributed by atoms with Crippen LogP contribution in [0.25, 0.3) is 0 Å². The number of ether oxygens (including phenoxy) is 1. The van der Waals surface area contributed by atoms with Crippen LogP contribution >= 0.6 is 0 Å². The lowest BCUT2D eigenvalue weighted by atomic mass is 9.98. The summed E-state index contributed by atoms with van der Waals surface area (Å²) in [5.74, 6) is -1.97. The smallest absolute Gasteiger partial charge is 0.340 e. The van der Waals surface area contributed by atoms with E-state index < -0.39 is 11.8 Å². The molecule has 5 nitrogen and oxygen atoms in total. The first-order valence-electron chi connectivity index (χ1n) is 7.26. The van der Waals surface area contributed by atoms with Crippen molar-refractivity contribution in [2.75, 3.05) is 24.2 Å². The quantitative estimate of drug-likeness (QED) is 0.555. The van der Waals surface area contributed by atoms with Crippen LogP contribution in [-0.2, 0) is 4.74 Å². The second kappa shape index (κ2) is 7.26. The number of rotatable bonds is 6. The Bertz CT molecular complexity index is 502. The highest BCUT2D eigenvalue weighted by molar-refractivity contribution is 6.00. The number of carboxylic acid groups (broad SMARTS) is 1. The average molecular weight is 296 g/mol. The molecular formula is C15H21FN2O3. The molecule has 0 bridgehead atoms. The van der Waals surface area contributed by atoms with Crippen molar-refractivity contribution in [3.8, 4) is 0 Å². The number of hydrogen-bond acceptors (Lipinski definition) is 4. The Morgan fingerprint density at radius 2 is 2.10 bits per heavy atom. The SMILES string of the molecule is Nc1c(F)ccc(NCCOC2CCCCC2)c1C(=O)O. The minimum atomic E-state index is -1.25. The van der Waals surface area contributed by atoms with Gasteiger partial charge in [0, 0.05) is 6.54 Å². The fourth-order valence-electron chi connectivity index (χ4n) is 2.61. The molecule has 116 valence electrons. The predicted octanol–water partition coefficient (Wildman–Crippen LogP) is 2.87. The van der Waals surface area contributed by atoms with Gasteiger partial charge in [0.15, 0.2) is 0 Å². The van der Waals surface area contributed by atoms with Gasteiger partial charge in [-0.1, -0.05) is 19.3 Å². The van der Waals surface area contributed by atoms with E-state index in [4.69, 9.17) is 15.6 Å². The van der Waals surface area contributed by atoms with Crippen LogP contribution in [0, 0.1) is 5.82 Å². The number of hydrogen-bond donors (Lipinski definition) is 3. The van der Waals surface area contributed by atoms with Gasteiger partial charge in [-0.15, -0.1) is 0 Å². The van der Waals surface area contributed by atoms with E-state index in [1.54, 1.807) is 0 Å². The summed E-state index contributed by atoms with van der Waals surface area (Å²) in [7, 11) is 0. The Labute approximate surface area is 123 Å². The predicted molar refractivity (Wildman–Crippen MR) is 79.1 cm³/mol. The first-order chi connectivity index (χ1) is 10.1. The minimum Gasteiger partial charge on any atom is -0.478 e. The van der Waals surface area contributed by atoms with Gasteiger partial charge in [0.05, 0.1) is 24.1 Å². The van der Waals surface area contributed by atoms with E-state index in [0.29, 0.717) is 24.9 Å². The zero-order valence-electron chi connectivity index (χ0n) is 11.9. The second-order valence-electron chi connectivity index (χ2n) is 5.25. The summed E-state index contributed by atoms with van der Waals surface area (Å²) < 4.78 is 19.1. The van der Waals surface area contributed by atoms with E-state index in [1.165, 1.54) is 25.3 Å². The molecule has 4 N–H and O–H groups in total. The number of aromatic carboxylic acids is 1. The second-order valence-corrected chi connectivity index (χ2v) is 5.25. The van der Waals surface area contributed by atoms with Gasteiger partial charge in [-0.25, -0.2) is 9.18 Å². The van der Waals surface area contributed by atoms with Crippen molar-refractivity contribution in [2.45, 2.75) is 38.2 Å². The lowest BCUT2D eigenvalue weighted by molar-refractivity contribution is 0.0347. The minimum absolute atomic E-state index is 0.229. The van der Waals surface area contributed by atoms with Crippen molar-refractivity contribution < 1.29 is 19.0 Å². The highest BCUT2D eigenvalue weighted by atomic mass is 19.1. The van der Waals surface area contributed by atoms with Gasteiger partial charge in [0.2, 0.25) is 0 Å². The summed E-state index contributed by atoms with van der Waals surface area (Å²) in [6.45, 7) is 0.947. The molecule has 0 radical (unpaired) electrons. The van der Waals surface area contributed by atoms with Crippen LogP contribution in [0.1, 0.15) is 42.5 Å². The van der Waals surface area contributed by atoms with Crippen LogP contribution in [-0.4, -0.2) is 30.3 Å². The van der Waals surface area contributed by atoms with Gasteiger partial charge < -0.3 is 20.9 Å². The molecule has 1 fully saturated rings. The zero-order valence-corrected chi connectivity index (χ0v) is 11.9. The van der Waals surface area contributed by atoms with Gasteiger partial charge in [-0.2, -0.15) is 0 Å². The molecule has 1 aromatic carbocycles. The van der Waals surface area contributed by atoms with E-state index in [9.17, 15) is 9.18 Å². The van der Waals surface area contributed by atoms with Crippen LogP contribution in [0.5, 0.6) is 0 Å². The number of carbonyl (C=O) groups is 1. The summed E-state index contributed by atoms with van der Waals surface area (Å²) in [6, 6.07) is 2.54. The number of anilines is 2. The molecule has 6 heteroatoms. The maximum absolute atomic E-state index is 13.3. The molecule has 1 aliphatic carbocycles. The average Bonchev–Trinajstić information content (AvgIpc) is 2.48. The third kappa shape index (κ3) is 4.07. The summed E-state index contributed by atoms with van der Waals surface area (Å²) in [6.07, 6.45) is 6.16. The molecule has 0 amide bonds. The van der Waals surface area contributed by atoms with Crippen LogP contribution in [0.4, 0.5) is 15.8 Å². The first-order valence-corrected chi connectivity index (χ1v) is 7.26. The Hall–Kier alpha value is -1.82. The van der Waals surface area contributed by atoms with E-state index in [2.05, 4.69) is 5.32 Å². The Balaban J connectivity index is 1.88. The molecule has 1 aliphatic rings. The number of benzene rings is 1. The van der Waals surface area contributed by atoms with Crippen molar-refractivity contribution >= 4 is 17.3 Å². The number of halogens is 1. The lowest BCUT2D eigenvalue weighted by Crippen LogP contribution is -2.21. The summed E-state index contributed by atoms with van der Waals surface area (Å²) in [5.41, 5.74) is 5.22. The summed E-state index contributed by atoms with van der Waals surface area (Å²) in [5, 5.41) is 12.1. The number of nitrogen functional groups attached to an aromatic ring is 1. The number of carboxylic acids is 1. The topological polar surface area (TPSA) is 84.6 Å². The van der Waals surface area contributed by atoms with Crippen molar-refractivity contribution in [1.82, 2.24) is 0 Å². The van der Waals surface area contributed by atoms with Crippen molar-refractivity contribution in [3.05, 3.63) is 23.5 Å². The molecule has 2 rings (SSSR count). The number of nitrogens with two attached hydrogens (primary N) is 1. The van der Waals surface area contributed by atoms with Gasteiger partial charge in [0.25, 0.3) is 0 Å². The van der Waals surface area contributed by atoms with Crippen molar-refractivity contribution in [2.24, 2.45) is 0 Å². The first kappa shape index (κ1) is 15.6. The Morgan fingerprint density at radius 1 is 1.38 bits per heavy atom. The van der Waals surface area contributed by atoms with E-state index >= 15 is 0 Å². The fourth-order valence-corrected chi connectivity index (χ4v) is 2.61. The Morgan fingerprint density at radius 3 is 2.76 bits per heavy atom. The molecule has 21 heavy (non-hydrogen) atoms. The molecule has 0 aromatic heterocycles. The van der Waals surface area contributed by atoms with E-state index in [-0.39, 0.29) is 11.3 Å². The fraction of sp³-hybridized carbons (Fsp3) is 0.533. The largest absolute Gasteiger partial charge is 0.478 e. The highest BCUT2D eigenvalue weighted by Gasteiger charge is 2.17. The van der Waals surface area contributed by atoms with Crippen molar-refractivity contribution in [3.63, 3.8) is 0 Å². The van der Waals surface area contributed by atoms with Crippen LogP contribution in [0.15, 0.2) is 12.1 Å². The van der Waals surface area contributed by atoms with Crippen LogP contribution in [0.3, 0.4) is 0 Å². The molecule has 0 heterocycles. The monoisotopic (exact) mass is 296 g/mol. The summed E-state index contributed by atoms with van der Waals surface area (Å²) >= 11 is 0. The van der Waals surface area contributed by atoms with Gasteiger partial charge in [0.1, 0.15) is 11.4 Å². The zero-order chi connectivity index (χ0) is 15.2. The maximum Gasteiger partial charge on any atom is 0.340 e. The van der Waals surface area contributed by atoms with E-state index in [1.807, 2.05) is 0 Å². The van der Waals surface area contributed by atoms with Gasteiger partial charge >= 0.3 is 5.97 Å². The molecular weight excluding hydrogens is 275 g/mol. The molecule has 0 atom stereocenters. The standard InChI is InChI=1S/C15H21FN2O3/c16-11-6-7-12(13(14(11)17)15(19)20)18-8-9-21-10-4-2-1-3-5-10/h6-7,10,18H,1-5,8-9,17H2,(H,19,20). The number of nitrogens with one attached hydrogen (secondary N) is 1. The van der Waals surface area contributed by atoms with Crippen LogP contribution < -0.4 is 11.1 Å². The van der Waals surface area contributed by atoms with Crippen molar-refractivity contribution in [1.29, 1.82) is 0 Å². The molecule has 1 saturated carbocycles. The normalized spacial score (nSPS) is 15.9. The van der Waals surface area contributed by atoms with Crippen LogP contribution in [0.2, 0.25) is 0 Å².